The van der Waals surface area contributed by atoms with Crippen molar-refractivity contribution < 1.29 is 37.3 Å². The normalized spacial score (nSPS) is 13.6. The third-order valence-electron chi connectivity index (χ3n) is 3.64. The first kappa shape index (κ1) is 20.8. The van der Waals surface area contributed by atoms with Gasteiger partial charge in [0.2, 0.25) is 0 Å². The first-order valence-corrected chi connectivity index (χ1v) is 9.34. The lowest BCUT2D eigenvalue weighted by Crippen LogP contribution is -2.25. The van der Waals surface area contributed by atoms with Crippen molar-refractivity contribution in [2.45, 2.75) is 19.1 Å². The summed E-state index contributed by atoms with van der Waals surface area (Å²) in [4.78, 5) is 23.6. The molecule has 0 fully saturated rings. The molecule has 0 bridgehead atoms. The molecule has 3 rings (SSSR count). The average Bonchev–Trinajstić information content (AvgIpc) is 2.97. The van der Waals surface area contributed by atoms with E-state index in [-0.39, 0.29) is 23.6 Å². The lowest BCUT2D eigenvalue weighted by Gasteiger charge is -2.08. The van der Waals surface area contributed by atoms with Gasteiger partial charge in [-0.25, -0.2) is 0 Å². The highest BCUT2D eigenvalue weighted by atomic mass is 79.9. The van der Waals surface area contributed by atoms with Crippen LogP contribution in [-0.4, -0.2) is 31.4 Å². The Balaban J connectivity index is 1.35. The third-order valence-corrected chi connectivity index (χ3v) is 4.13. The van der Waals surface area contributed by atoms with Gasteiger partial charge in [-0.1, -0.05) is 22.0 Å². The zero-order chi connectivity index (χ0) is 20.9. The highest BCUT2D eigenvalue weighted by Gasteiger charge is 2.43. The number of ether oxygens (including phenoxy) is 4. The molecule has 1 N–H and O–H groups in total. The molecular weight excluding hydrogens is 456 g/mol. The van der Waals surface area contributed by atoms with Gasteiger partial charge in [0.25, 0.3) is 5.91 Å². The van der Waals surface area contributed by atoms with Gasteiger partial charge in [0.05, 0.1) is 6.61 Å². The summed E-state index contributed by atoms with van der Waals surface area (Å²) in [5.41, 5.74) is 0.202. The van der Waals surface area contributed by atoms with E-state index in [0.717, 1.165) is 4.47 Å². The molecule has 1 aliphatic heterocycles. The molecule has 0 unspecified atom stereocenters. The highest BCUT2D eigenvalue weighted by molar-refractivity contribution is 9.10. The van der Waals surface area contributed by atoms with Crippen molar-refractivity contribution in [1.29, 1.82) is 0 Å². The van der Waals surface area contributed by atoms with Crippen LogP contribution in [-0.2, 0) is 14.3 Å². The Hall–Kier alpha value is -2.88. The lowest BCUT2D eigenvalue weighted by molar-refractivity contribution is -0.286. The van der Waals surface area contributed by atoms with Gasteiger partial charge < -0.3 is 24.3 Å². The molecule has 1 amide bonds. The van der Waals surface area contributed by atoms with E-state index in [1.165, 1.54) is 18.2 Å². The molecule has 0 aliphatic carbocycles. The second-order valence-electron chi connectivity index (χ2n) is 5.95. The Morgan fingerprint density at radius 1 is 1.10 bits per heavy atom. The van der Waals surface area contributed by atoms with Crippen LogP contribution >= 0.6 is 15.9 Å². The number of carbonyl (C=O) groups is 2. The number of rotatable bonds is 8. The number of fused-ring (bicyclic) bond motifs is 1. The van der Waals surface area contributed by atoms with E-state index in [1.807, 2.05) is 12.1 Å². The van der Waals surface area contributed by atoms with Crippen molar-refractivity contribution in [2.75, 3.05) is 18.5 Å². The molecule has 2 aromatic carbocycles. The van der Waals surface area contributed by atoms with Gasteiger partial charge in [-0.3, -0.25) is 9.59 Å². The van der Waals surface area contributed by atoms with Gasteiger partial charge in [0.15, 0.2) is 18.1 Å². The Morgan fingerprint density at radius 3 is 2.69 bits per heavy atom. The molecule has 0 saturated carbocycles. The predicted molar refractivity (Wildman–Crippen MR) is 101 cm³/mol. The maximum Gasteiger partial charge on any atom is 0.586 e. The van der Waals surface area contributed by atoms with Crippen LogP contribution in [0, 0.1) is 0 Å². The Kier molecular flexibility index (Phi) is 6.53. The molecule has 0 saturated heterocycles. The van der Waals surface area contributed by atoms with Crippen molar-refractivity contribution >= 4 is 33.5 Å². The van der Waals surface area contributed by atoms with Gasteiger partial charge in [0, 0.05) is 22.6 Å². The van der Waals surface area contributed by atoms with E-state index < -0.39 is 24.8 Å². The molecular formula is C19H16BrF2NO6. The number of esters is 1. The van der Waals surface area contributed by atoms with Crippen molar-refractivity contribution in [3.63, 3.8) is 0 Å². The number of anilines is 1. The van der Waals surface area contributed by atoms with Crippen molar-refractivity contribution in [3.8, 4) is 17.2 Å². The van der Waals surface area contributed by atoms with Crippen molar-refractivity contribution in [3.05, 3.63) is 46.9 Å². The minimum Gasteiger partial charge on any atom is -0.494 e. The van der Waals surface area contributed by atoms with Gasteiger partial charge in [-0.2, -0.15) is 0 Å². The molecule has 0 atom stereocenters. The zero-order valence-electron chi connectivity index (χ0n) is 15.0. The Labute approximate surface area is 173 Å². The van der Waals surface area contributed by atoms with Crippen LogP contribution in [0.1, 0.15) is 12.8 Å². The first-order valence-electron chi connectivity index (χ1n) is 8.54. The largest absolute Gasteiger partial charge is 0.586 e. The van der Waals surface area contributed by atoms with E-state index in [4.69, 9.17) is 9.47 Å². The summed E-state index contributed by atoms with van der Waals surface area (Å²) in [7, 11) is 0. The van der Waals surface area contributed by atoms with Crippen LogP contribution in [0.15, 0.2) is 46.9 Å². The van der Waals surface area contributed by atoms with Crippen molar-refractivity contribution in [2.24, 2.45) is 0 Å². The number of hydrogen-bond acceptors (Lipinski definition) is 6. The number of carbonyl (C=O) groups excluding carboxylic acids is 2. The van der Waals surface area contributed by atoms with Crippen LogP contribution in [0.3, 0.4) is 0 Å². The second-order valence-corrected chi connectivity index (χ2v) is 6.86. The van der Waals surface area contributed by atoms with Crippen molar-refractivity contribution in [1.82, 2.24) is 0 Å². The van der Waals surface area contributed by atoms with Gasteiger partial charge in [-0.05, 0) is 36.8 Å². The fourth-order valence-corrected chi connectivity index (χ4v) is 2.78. The molecule has 1 aliphatic rings. The summed E-state index contributed by atoms with van der Waals surface area (Å²) in [5.74, 6) is -0.828. The number of benzene rings is 2. The fourth-order valence-electron chi connectivity index (χ4n) is 2.41. The molecule has 29 heavy (non-hydrogen) atoms. The molecule has 2 aromatic rings. The highest BCUT2D eigenvalue weighted by Crippen LogP contribution is 2.42. The zero-order valence-corrected chi connectivity index (χ0v) is 16.5. The predicted octanol–water partition coefficient (Wildman–Crippen LogP) is 4.11. The Bertz CT molecular complexity index is 908. The molecule has 154 valence electrons. The topological polar surface area (TPSA) is 83.1 Å². The van der Waals surface area contributed by atoms with Crippen LogP contribution in [0.25, 0.3) is 0 Å². The van der Waals surface area contributed by atoms with Gasteiger partial charge in [0.1, 0.15) is 5.75 Å². The summed E-state index contributed by atoms with van der Waals surface area (Å²) in [5, 5.41) is 2.42. The molecule has 10 heteroatoms. The molecule has 0 aromatic heterocycles. The number of hydrogen-bond donors (Lipinski definition) is 1. The molecule has 0 radical (unpaired) electrons. The number of nitrogens with one attached hydrogen (secondary N) is 1. The quantitative estimate of drug-likeness (QED) is 0.460. The van der Waals surface area contributed by atoms with Crippen LogP contribution in [0.5, 0.6) is 17.2 Å². The third kappa shape index (κ3) is 6.31. The molecule has 1 heterocycles. The fraction of sp³-hybridized carbons (Fsp3) is 0.263. The van der Waals surface area contributed by atoms with Crippen LogP contribution < -0.4 is 19.5 Å². The average molecular weight is 472 g/mol. The first-order chi connectivity index (χ1) is 13.8. The number of halogens is 3. The smallest absolute Gasteiger partial charge is 0.494 e. The van der Waals surface area contributed by atoms with E-state index in [2.05, 4.69) is 30.7 Å². The summed E-state index contributed by atoms with van der Waals surface area (Å²) in [6, 6.07) is 11.1. The van der Waals surface area contributed by atoms with E-state index >= 15 is 0 Å². The summed E-state index contributed by atoms with van der Waals surface area (Å²) in [6.07, 6.45) is -3.23. The lowest BCUT2D eigenvalue weighted by atomic mass is 10.3. The maximum atomic E-state index is 13.0. The second kappa shape index (κ2) is 9.08. The summed E-state index contributed by atoms with van der Waals surface area (Å²) in [6.45, 7) is -0.185. The summed E-state index contributed by atoms with van der Waals surface area (Å²) >= 11 is 3.33. The minimum absolute atomic E-state index is 0.0837. The SMILES string of the molecule is O=C(COC(=O)CCCOc1cccc(Br)c1)Nc1ccc2c(c1)OC(F)(F)O2. The standard InChI is InChI=1S/C19H16BrF2NO6/c20-12-3-1-4-14(9-12)26-8-2-5-18(25)27-11-17(24)23-13-6-7-15-16(10-13)29-19(21,22)28-15/h1,3-4,6-7,9-10H,2,5,8,11H2,(H,23,24). The minimum atomic E-state index is -3.73. The van der Waals surface area contributed by atoms with Gasteiger partial charge in [-0.15, -0.1) is 8.78 Å². The van der Waals surface area contributed by atoms with E-state index in [0.29, 0.717) is 18.8 Å². The number of alkyl halides is 2. The number of amides is 1. The summed E-state index contributed by atoms with van der Waals surface area (Å²) < 4.78 is 45.8. The van der Waals surface area contributed by atoms with Gasteiger partial charge >= 0.3 is 12.3 Å². The van der Waals surface area contributed by atoms with E-state index in [9.17, 15) is 18.4 Å². The Morgan fingerprint density at radius 2 is 1.90 bits per heavy atom. The maximum absolute atomic E-state index is 13.0. The van der Waals surface area contributed by atoms with E-state index in [1.54, 1.807) is 12.1 Å². The molecule has 0 spiro atoms. The molecule has 7 nitrogen and oxygen atoms in total. The monoisotopic (exact) mass is 471 g/mol. The van der Waals surface area contributed by atoms with Crippen LogP contribution in [0.4, 0.5) is 14.5 Å². The van der Waals surface area contributed by atoms with Crippen LogP contribution in [0.2, 0.25) is 0 Å².